The van der Waals surface area contributed by atoms with Crippen molar-refractivity contribution in [3.05, 3.63) is 64.2 Å². The van der Waals surface area contributed by atoms with Gasteiger partial charge in [-0.2, -0.15) is 0 Å². The van der Waals surface area contributed by atoms with Gasteiger partial charge in [0.1, 0.15) is 5.37 Å². The van der Waals surface area contributed by atoms with Crippen LogP contribution in [0, 0.1) is 10.1 Å². The van der Waals surface area contributed by atoms with Crippen molar-refractivity contribution in [3.63, 3.8) is 0 Å². The Bertz CT molecular complexity index is 955. The van der Waals surface area contributed by atoms with Gasteiger partial charge in [0, 0.05) is 12.1 Å². The topological polar surface area (TPSA) is 89.5 Å². The van der Waals surface area contributed by atoms with Crippen LogP contribution in [0.15, 0.2) is 53.1 Å². The monoisotopic (exact) mass is 341 g/mol. The van der Waals surface area contributed by atoms with Crippen LogP contribution >= 0.6 is 11.8 Å². The summed E-state index contributed by atoms with van der Waals surface area (Å²) in [5.41, 5.74) is 1.28. The first-order valence-electron chi connectivity index (χ1n) is 7.17. The second kappa shape index (κ2) is 5.64. The zero-order valence-electron chi connectivity index (χ0n) is 12.3. The summed E-state index contributed by atoms with van der Waals surface area (Å²) in [6.45, 7) is 0. The number of nitro benzene ring substituents is 1. The first-order valence-corrected chi connectivity index (χ1v) is 8.22. The van der Waals surface area contributed by atoms with Crippen LogP contribution in [0.25, 0.3) is 11.0 Å². The highest BCUT2D eigenvalue weighted by Crippen LogP contribution is 2.43. The fraction of sp³-hybridized carbons (Fsp3) is 0.125. The van der Waals surface area contributed by atoms with E-state index in [9.17, 15) is 14.9 Å². The highest BCUT2D eigenvalue weighted by molar-refractivity contribution is 8.00. The number of aromatic nitrogens is 1. The van der Waals surface area contributed by atoms with Crippen LogP contribution in [0.5, 0.6) is 0 Å². The minimum atomic E-state index is -0.444. The van der Waals surface area contributed by atoms with Gasteiger partial charge in [0.05, 0.1) is 16.1 Å². The number of hydrogen-bond acceptors (Lipinski definition) is 6. The quantitative estimate of drug-likeness (QED) is 0.535. The van der Waals surface area contributed by atoms with E-state index in [1.807, 2.05) is 18.2 Å². The van der Waals surface area contributed by atoms with E-state index in [4.69, 9.17) is 4.52 Å². The molecule has 2 aromatic carbocycles. The third kappa shape index (κ3) is 2.31. The Balaban J connectivity index is 1.80. The number of amides is 1. The molecule has 1 aliphatic rings. The smallest absolute Gasteiger partial charge is 0.269 e. The van der Waals surface area contributed by atoms with E-state index in [-0.39, 0.29) is 22.7 Å². The van der Waals surface area contributed by atoms with Gasteiger partial charge < -0.3 is 4.52 Å². The molecule has 0 radical (unpaired) electrons. The summed E-state index contributed by atoms with van der Waals surface area (Å²) in [6, 6.07) is 13.6. The number of nitrogens with zero attached hydrogens (tertiary/aromatic N) is 3. The number of carbonyl (C=O) groups excluding carboxylic acids is 1. The molecule has 0 N–H and O–H groups in total. The van der Waals surface area contributed by atoms with Gasteiger partial charge in [0.15, 0.2) is 11.4 Å². The van der Waals surface area contributed by atoms with Crippen molar-refractivity contribution < 1.29 is 14.2 Å². The van der Waals surface area contributed by atoms with Crippen molar-refractivity contribution in [2.24, 2.45) is 0 Å². The molecule has 24 heavy (non-hydrogen) atoms. The lowest BCUT2D eigenvalue weighted by atomic mass is 10.1. The van der Waals surface area contributed by atoms with Crippen LogP contribution in [0.3, 0.4) is 0 Å². The third-order valence-corrected chi connectivity index (χ3v) is 5.03. The lowest BCUT2D eigenvalue weighted by Crippen LogP contribution is -2.28. The van der Waals surface area contributed by atoms with Gasteiger partial charge in [-0.3, -0.25) is 19.8 Å². The van der Waals surface area contributed by atoms with Crippen molar-refractivity contribution in [2.75, 3.05) is 10.7 Å². The molecule has 1 saturated heterocycles. The van der Waals surface area contributed by atoms with Crippen molar-refractivity contribution in [3.8, 4) is 0 Å². The predicted molar refractivity (Wildman–Crippen MR) is 89.8 cm³/mol. The number of benzene rings is 2. The van der Waals surface area contributed by atoms with Crippen molar-refractivity contribution in [1.29, 1.82) is 0 Å². The second-order valence-electron chi connectivity index (χ2n) is 5.28. The maximum atomic E-state index is 12.4. The average Bonchev–Trinajstić information content (AvgIpc) is 3.18. The second-order valence-corrected chi connectivity index (χ2v) is 6.35. The highest BCUT2D eigenvalue weighted by atomic mass is 32.2. The Morgan fingerprint density at radius 1 is 1.25 bits per heavy atom. The minimum Gasteiger partial charge on any atom is -0.354 e. The normalized spacial score (nSPS) is 17.6. The van der Waals surface area contributed by atoms with Crippen molar-refractivity contribution in [2.45, 2.75) is 5.37 Å². The van der Waals surface area contributed by atoms with E-state index in [2.05, 4.69) is 5.16 Å². The van der Waals surface area contributed by atoms with Gasteiger partial charge in [-0.1, -0.05) is 29.4 Å². The van der Waals surface area contributed by atoms with Gasteiger partial charge >= 0.3 is 0 Å². The summed E-state index contributed by atoms with van der Waals surface area (Å²) in [5.74, 6) is 0.627. The molecule has 4 rings (SSSR count). The molecular weight excluding hydrogens is 330 g/mol. The summed E-state index contributed by atoms with van der Waals surface area (Å²) in [7, 11) is 0. The summed E-state index contributed by atoms with van der Waals surface area (Å²) < 4.78 is 5.29. The molecule has 1 atom stereocenters. The van der Waals surface area contributed by atoms with Gasteiger partial charge in [-0.15, -0.1) is 11.8 Å². The van der Waals surface area contributed by atoms with Crippen LogP contribution in [0.4, 0.5) is 11.5 Å². The Labute approximate surface area is 140 Å². The number of thioether (sulfide) groups is 1. The molecular formula is C16H11N3O4S. The predicted octanol–water partition coefficient (Wildman–Crippen LogP) is 3.51. The molecule has 1 fully saturated rings. The SMILES string of the molecule is O=C1CSC(c2cccc([N+](=O)[O-])c2)N1c1noc2ccccc12. The molecule has 0 aliphatic carbocycles. The molecule has 1 unspecified atom stereocenters. The first kappa shape index (κ1) is 14.7. The number of nitro groups is 1. The van der Waals surface area contributed by atoms with Crippen LogP contribution < -0.4 is 4.90 Å². The Hall–Kier alpha value is -2.87. The zero-order valence-corrected chi connectivity index (χ0v) is 13.1. The maximum absolute atomic E-state index is 12.4. The van der Waals surface area contributed by atoms with Gasteiger partial charge in [-0.25, -0.2) is 0 Å². The lowest BCUT2D eigenvalue weighted by Gasteiger charge is -2.21. The van der Waals surface area contributed by atoms with Crippen LogP contribution in [0.1, 0.15) is 10.9 Å². The number of para-hydroxylation sites is 1. The van der Waals surface area contributed by atoms with E-state index in [0.29, 0.717) is 17.0 Å². The number of fused-ring (bicyclic) bond motifs is 1. The minimum absolute atomic E-state index is 0.00240. The molecule has 1 amide bonds. The molecule has 7 nitrogen and oxygen atoms in total. The molecule has 2 heterocycles. The Morgan fingerprint density at radius 2 is 2.08 bits per heavy atom. The lowest BCUT2D eigenvalue weighted by molar-refractivity contribution is -0.384. The summed E-state index contributed by atoms with van der Waals surface area (Å²) in [6.07, 6.45) is 0. The number of hydrogen-bond donors (Lipinski definition) is 0. The maximum Gasteiger partial charge on any atom is 0.269 e. The third-order valence-electron chi connectivity index (χ3n) is 3.82. The molecule has 1 aliphatic heterocycles. The molecule has 3 aromatic rings. The summed E-state index contributed by atoms with van der Waals surface area (Å²) in [4.78, 5) is 24.5. The zero-order chi connectivity index (χ0) is 16.7. The van der Waals surface area contributed by atoms with Crippen LogP contribution in [-0.2, 0) is 4.79 Å². The van der Waals surface area contributed by atoms with E-state index < -0.39 is 4.92 Å². The van der Waals surface area contributed by atoms with Crippen LogP contribution in [0.2, 0.25) is 0 Å². The molecule has 0 saturated carbocycles. The molecule has 120 valence electrons. The molecule has 8 heteroatoms. The van der Waals surface area contributed by atoms with E-state index in [1.165, 1.54) is 23.9 Å². The largest absolute Gasteiger partial charge is 0.354 e. The average molecular weight is 341 g/mol. The Kier molecular flexibility index (Phi) is 3.46. The van der Waals surface area contributed by atoms with Gasteiger partial charge in [0.2, 0.25) is 5.91 Å². The molecule has 1 aromatic heterocycles. The molecule has 0 bridgehead atoms. The summed E-state index contributed by atoms with van der Waals surface area (Å²) >= 11 is 1.41. The first-order chi connectivity index (χ1) is 11.6. The number of carbonyl (C=O) groups is 1. The fourth-order valence-corrected chi connectivity index (χ4v) is 3.88. The number of non-ortho nitro benzene ring substituents is 1. The highest BCUT2D eigenvalue weighted by Gasteiger charge is 2.37. The van der Waals surface area contributed by atoms with Crippen LogP contribution in [-0.4, -0.2) is 21.7 Å². The van der Waals surface area contributed by atoms with E-state index >= 15 is 0 Å². The van der Waals surface area contributed by atoms with Crippen molar-refractivity contribution in [1.82, 2.24) is 5.16 Å². The van der Waals surface area contributed by atoms with Gasteiger partial charge in [-0.05, 0) is 17.7 Å². The summed E-state index contributed by atoms with van der Waals surface area (Å²) in [5, 5.41) is 15.4. The standard InChI is InChI=1S/C16H11N3O4S/c20-14-9-24-16(10-4-3-5-11(8-10)19(21)22)18(14)15-12-6-1-2-7-13(12)23-17-15/h1-8,16H,9H2. The number of anilines is 1. The number of rotatable bonds is 3. The van der Waals surface area contributed by atoms with E-state index in [1.54, 1.807) is 23.1 Å². The van der Waals surface area contributed by atoms with E-state index in [0.717, 1.165) is 5.39 Å². The Morgan fingerprint density at radius 3 is 2.92 bits per heavy atom. The van der Waals surface area contributed by atoms with Crippen molar-refractivity contribution >= 4 is 40.1 Å². The fourth-order valence-electron chi connectivity index (χ4n) is 2.74. The van der Waals surface area contributed by atoms with Gasteiger partial charge in [0.25, 0.3) is 5.69 Å². The molecule has 0 spiro atoms.